The molecule has 0 aromatic carbocycles. The summed E-state index contributed by atoms with van der Waals surface area (Å²) in [5, 5.41) is 8.56. The van der Waals surface area contributed by atoms with Crippen molar-refractivity contribution < 1.29 is 14.4 Å². The summed E-state index contributed by atoms with van der Waals surface area (Å²) in [5.41, 5.74) is 5.00. The summed E-state index contributed by atoms with van der Waals surface area (Å²) in [7, 11) is 0. The molecule has 0 aromatic heterocycles. The van der Waals surface area contributed by atoms with Gasteiger partial charge in [0.25, 0.3) is 0 Å². The Hall–Kier alpha value is -1.63. The molecule has 0 saturated heterocycles. The number of Topliss-reactive ketones (excluding diaryl/α,β-unsaturated/α-hetero) is 1. The molecular formula is C18H38N4O3. The molecule has 148 valence electrons. The summed E-state index contributed by atoms with van der Waals surface area (Å²) in [6.07, 6.45) is 1.41. The van der Waals surface area contributed by atoms with Crippen molar-refractivity contribution in [1.82, 2.24) is 16.0 Å². The monoisotopic (exact) mass is 358 g/mol. The van der Waals surface area contributed by atoms with Gasteiger partial charge in [0.2, 0.25) is 5.91 Å². The van der Waals surface area contributed by atoms with Crippen LogP contribution in [0.15, 0.2) is 0 Å². The van der Waals surface area contributed by atoms with Crippen molar-refractivity contribution in [1.29, 1.82) is 0 Å². The van der Waals surface area contributed by atoms with Crippen molar-refractivity contribution in [3.8, 4) is 0 Å². The van der Waals surface area contributed by atoms with Gasteiger partial charge < -0.3 is 21.7 Å². The second-order valence-electron chi connectivity index (χ2n) is 6.36. The summed E-state index contributed by atoms with van der Waals surface area (Å²) < 4.78 is 0. The number of nitrogens with one attached hydrogen (secondary N) is 3. The second-order valence-corrected chi connectivity index (χ2v) is 6.36. The maximum Gasteiger partial charge on any atom is 0.312 e. The van der Waals surface area contributed by atoms with E-state index in [0.717, 1.165) is 0 Å². The highest BCUT2D eigenvalue weighted by atomic mass is 16.2. The predicted molar refractivity (Wildman–Crippen MR) is 102 cm³/mol. The van der Waals surface area contributed by atoms with Crippen LogP contribution in [0, 0.1) is 5.92 Å². The van der Waals surface area contributed by atoms with Gasteiger partial charge in [-0.05, 0) is 18.8 Å². The van der Waals surface area contributed by atoms with Gasteiger partial charge in [-0.1, -0.05) is 48.5 Å². The van der Waals surface area contributed by atoms with E-state index in [1.807, 2.05) is 41.5 Å². The number of hydrogen-bond donors (Lipinski definition) is 4. The first-order valence-corrected chi connectivity index (χ1v) is 9.31. The lowest BCUT2D eigenvalue weighted by Gasteiger charge is -2.26. The molecule has 5 N–H and O–H groups in total. The molecule has 0 heterocycles. The molecule has 0 saturated carbocycles. The normalized spacial score (nSPS) is 12.8. The lowest BCUT2D eigenvalue weighted by molar-refractivity contribution is -0.129. The van der Waals surface area contributed by atoms with E-state index in [0.29, 0.717) is 25.8 Å². The van der Waals surface area contributed by atoms with Crippen molar-refractivity contribution >= 4 is 17.7 Å². The van der Waals surface area contributed by atoms with E-state index in [1.54, 1.807) is 6.92 Å². The van der Waals surface area contributed by atoms with E-state index >= 15 is 0 Å². The van der Waals surface area contributed by atoms with Crippen LogP contribution in [0.4, 0.5) is 4.79 Å². The zero-order chi connectivity index (χ0) is 20.0. The smallest absolute Gasteiger partial charge is 0.312 e. The molecule has 0 aliphatic carbocycles. The molecule has 0 bridgehead atoms. The maximum absolute atomic E-state index is 12.5. The summed E-state index contributed by atoms with van der Waals surface area (Å²) in [5.74, 6) is -0.0563. The number of amides is 3. The zero-order valence-corrected chi connectivity index (χ0v) is 16.9. The van der Waals surface area contributed by atoms with E-state index < -0.39 is 12.1 Å². The molecule has 0 aliphatic heterocycles. The van der Waals surface area contributed by atoms with Gasteiger partial charge in [0.15, 0.2) is 5.78 Å². The van der Waals surface area contributed by atoms with Gasteiger partial charge in [-0.15, -0.1) is 0 Å². The molecule has 0 rings (SSSR count). The Morgan fingerprint density at radius 2 is 1.60 bits per heavy atom. The van der Waals surface area contributed by atoms with E-state index in [-0.39, 0.29) is 29.7 Å². The summed E-state index contributed by atoms with van der Waals surface area (Å²) in [6, 6.07) is -1.29. The van der Waals surface area contributed by atoms with Crippen molar-refractivity contribution in [3.05, 3.63) is 0 Å². The minimum absolute atomic E-state index is 0.00974. The van der Waals surface area contributed by atoms with Gasteiger partial charge in [0.05, 0.1) is 12.1 Å². The molecule has 2 unspecified atom stereocenters. The molecule has 0 aromatic rings. The first-order valence-electron chi connectivity index (χ1n) is 9.31. The van der Waals surface area contributed by atoms with Gasteiger partial charge in [-0.3, -0.25) is 9.59 Å². The molecule has 0 radical (unpaired) electrons. The van der Waals surface area contributed by atoms with Crippen molar-refractivity contribution in [2.24, 2.45) is 11.7 Å². The van der Waals surface area contributed by atoms with Crippen molar-refractivity contribution in [2.75, 3.05) is 6.54 Å². The fourth-order valence-electron chi connectivity index (χ4n) is 2.27. The van der Waals surface area contributed by atoms with Gasteiger partial charge in [-0.2, -0.15) is 0 Å². The topological polar surface area (TPSA) is 113 Å². The maximum atomic E-state index is 12.5. The Morgan fingerprint density at radius 3 is 2.00 bits per heavy atom. The Balaban J connectivity index is 0. The lowest BCUT2D eigenvalue weighted by atomic mass is 10.00. The van der Waals surface area contributed by atoms with Crippen LogP contribution >= 0.6 is 0 Å². The van der Waals surface area contributed by atoms with Gasteiger partial charge in [-0.25, -0.2) is 4.79 Å². The van der Waals surface area contributed by atoms with Crippen molar-refractivity contribution in [3.63, 3.8) is 0 Å². The molecule has 7 heteroatoms. The Bertz CT molecular complexity index is 398. The fourth-order valence-corrected chi connectivity index (χ4v) is 2.27. The fraction of sp³-hybridized carbons (Fsp3) is 0.833. The lowest BCUT2D eigenvalue weighted by Crippen LogP contribution is -2.53. The van der Waals surface area contributed by atoms with Crippen LogP contribution in [0.1, 0.15) is 67.7 Å². The largest absolute Gasteiger partial charge is 0.352 e. The van der Waals surface area contributed by atoms with Crippen LogP contribution < -0.4 is 21.7 Å². The van der Waals surface area contributed by atoms with Gasteiger partial charge in [0.1, 0.15) is 0 Å². The number of rotatable bonds is 11. The summed E-state index contributed by atoms with van der Waals surface area (Å²) in [6.45, 7) is 14.0. The van der Waals surface area contributed by atoms with Crippen LogP contribution in [0.5, 0.6) is 0 Å². The first-order chi connectivity index (χ1) is 11.7. The van der Waals surface area contributed by atoms with Crippen LogP contribution in [0.25, 0.3) is 0 Å². The van der Waals surface area contributed by atoms with E-state index in [1.165, 1.54) is 0 Å². The molecule has 2 atom stereocenters. The minimum atomic E-state index is -0.589. The first kappa shape index (κ1) is 25.6. The van der Waals surface area contributed by atoms with Crippen LogP contribution in [0.3, 0.4) is 0 Å². The SMILES string of the molecule is CC.CCC(=O)C(CCCNC(N)=O)NC(=O)C(NC(C)C)C(C)C. The molecule has 25 heavy (non-hydrogen) atoms. The number of ketones is 1. The highest BCUT2D eigenvalue weighted by Gasteiger charge is 2.26. The van der Waals surface area contributed by atoms with E-state index in [4.69, 9.17) is 5.73 Å². The molecule has 0 spiro atoms. The summed E-state index contributed by atoms with van der Waals surface area (Å²) in [4.78, 5) is 35.2. The standard InChI is InChI=1S/C16H32N4O3.C2H6/c1-6-13(21)12(8-7-9-18-16(17)23)20-15(22)14(10(2)3)19-11(4)5;1-2/h10-12,14,19H,6-9H2,1-5H3,(H,20,22)(H3,17,18,23);1-2H3. The molecule has 3 amide bonds. The van der Waals surface area contributed by atoms with E-state index in [9.17, 15) is 14.4 Å². The van der Waals surface area contributed by atoms with Gasteiger partial charge in [0, 0.05) is 19.0 Å². The molecular weight excluding hydrogens is 320 g/mol. The molecule has 7 nitrogen and oxygen atoms in total. The minimum Gasteiger partial charge on any atom is -0.352 e. The third kappa shape index (κ3) is 12.4. The number of carbonyl (C=O) groups is 3. The van der Waals surface area contributed by atoms with Crippen LogP contribution in [0.2, 0.25) is 0 Å². The molecule has 0 fully saturated rings. The number of primary amides is 1. The predicted octanol–water partition coefficient (Wildman–Crippen LogP) is 1.95. The Morgan fingerprint density at radius 1 is 1.04 bits per heavy atom. The summed E-state index contributed by atoms with van der Waals surface area (Å²) >= 11 is 0. The zero-order valence-electron chi connectivity index (χ0n) is 16.9. The Kier molecular flexibility index (Phi) is 15.0. The number of urea groups is 1. The number of carbonyl (C=O) groups excluding carboxylic acids is 3. The molecule has 0 aliphatic rings. The third-order valence-electron chi connectivity index (χ3n) is 3.48. The van der Waals surface area contributed by atoms with Crippen LogP contribution in [-0.2, 0) is 9.59 Å². The highest BCUT2D eigenvalue weighted by Crippen LogP contribution is 2.07. The number of nitrogens with two attached hydrogens (primary N) is 1. The quantitative estimate of drug-likeness (QED) is 0.423. The number of hydrogen-bond acceptors (Lipinski definition) is 4. The highest BCUT2D eigenvalue weighted by molar-refractivity contribution is 5.90. The van der Waals surface area contributed by atoms with Crippen molar-refractivity contribution in [2.45, 2.75) is 85.9 Å². The average molecular weight is 359 g/mol. The Labute approximate surface area is 152 Å². The average Bonchev–Trinajstić information content (AvgIpc) is 2.55. The second kappa shape index (κ2) is 14.7. The van der Waals surface area contributed by atoms with Crippen LogP contribution in [-0.4, -0.2) is 42.4 Å². The van der Waals surface area contributed by atoms with Gasteiger partial charge >= 0.3 is 6.03 Å². The third-order valence-corrected chi connectivity index (χ3v) is 3.48. The van der Waals surface area contributed by atoms with E-state index in [2.05, 4.69) is 16.0 Å².